The lowest BCUT2D eigenvalue weighted by atomic mass is 10.1. The van der Waals surface area contributed by atoms with Crippen LogP contribution < -0.4 is 11.1 Å². The molecule has 0 aliphatic carbocycles. The van der Waals surface area contributed by atoms with Gasteiger partial charge in [0.2, 0.25) is 0 Å². The van der Waals surface area contributed by atoms with E-state index in [0.717, 1.165) is 35.4 Å². The van der Waals surface area contributed by atoms with Crippen molar-refractivity contribution in [3.8, 4) is 0 Å². The first-order valence-corrected chi connectivity index (χ1v) is 6.05. The number of aromatic nitrogens is 1. The molecule has 0 aliphatic heterocycles. The van der Waals surface area contributed by atoms with Crippen LogP contribution >= 0.6 is 0 Å². The maximum Gasteiger partial charge on any atom is 0.126 e. The summed E-state index contributed by atoms with van der Waals surface area (Å²) in [5.74, 6) is 1.64. The predicted octanol–water partition coefficient (Wildman–Crippen LogP) is 3.28. The van der Waals surface area contributed by atoms with Gasteiger partial charge in [0.1, 0.15) is 5.82 Å². The molecule has 0 saturated carbocycles. The summed E-state index contributed by atoms with van der Waals surface area (Å²) in [7, 11) is 0. The summed E-state index contributed by atoms with van der Waals surface area (Å²) in [6.45, 7) is 5.40. The standard InChI is InChI=1S/C14H19N3/c1-10(2)7-8-16-14-6-3-11-9-12(15)4-5-13(11)17-14/h3-6,9-10H,7-8,15H2,1-2H3,(H,16,17). The molecule has 1 aromatic carbocycles. The Morgan fingerprint density at radius 1 is 1.24 bits per heavy atom. The molecular formula is C14H19N3. The van der Waals surface area contributed by atoms with Crippen molar-refractivity contribution in [3.63, 3.8) is 0 Å². The number of hydrogen-bond acceptors (Lipinski definition) is 3. The maximum atomic E-state index is 5.73. The van der Waals surface area contributed by atoms with Gasteiger partial charge in [-0.2, -0.15) is 0 Å². The van der Waals surface area contributed by atoms with E-state index < -0.39 is 0 Å². The summed E-state index contributed by atoms with van der Waals surface area (Å²) in [5, 5.41) is 4.42. The smallest absolute Gasteiger partial charge is 0.126 e. The summed E-state index contributed by atoms with van der Waals surface area (Å²) in [5.41, 5.74) is 7.49. The van der Waals surface area contributed by atoms with Crippen molar-refractivity contribution in [2.75, 3.05) is 17.6 Å². The number of pyridine rings is 1. The van der Waals surface area contributed by atoms with E-state index in [-0.39, 0.29) is 0 Å². The number of hydrogen-bond donors (Lipinski definition) is 2. The second-order valence-corrected chi connectivity index (χ2v) is 4.76. The van der Waals surface area contributed by atoms with Crippen LogP contribution in [0.5, 0.6) is 0 Å². The van der Waals surface area contributed by atoms with Crippen LogP contribution in [0.25, 0.3) is 10.9 Å². The van der Waals surface area contributed by atoms with Crippen molar-refractivity contribution in [2.24, 2.45) is 5.92 Å². The van der Waals surface area contributed by atoms with Crippen LogP contribution in [0.15, 0.2) is 30.3 Å². The normalized spacial score (nSPS) is 11.0. The molecule has 0 aliphatic rings. The Bertz CT molecular complexity index is 506. The topological polar surface area (TPSA) is 50.9 Å². The fraction of sp³-hybridized carbons (Fsp3) is 0.357. The molecule has 0 amide bonds. The molecule has 0 fully saturated rings. The third-order valence-corrected chi connectivity index (χ3v) is 2.74. The largest absolute Gasteiger partial charge is 0.399 e. The highest BCUT2D eigenvalue weighted by Crippen LogP contribution is 2.18. The Labute approximate surface area is 102 Å². The molecule has 3 nitrogen and oxygen atoms in total. The molecular weight excluding hydrogens is 210 g/mol. The van der Waals surface area contributed by atoms with E-state index in [1.54, 1.807) is 0 Å². The maximum absolute atomic E-state index is 5.73. The van der Waals surface area contributed by atoms with Crippen LogP contribution in [-0.4, -0.2) is 11.5 Å². The Morgan fingerprint density at radius 2 is 2.06 bits per heavy atom. The van der Waals surface area contributed by atoms with Crippen LogP contribution in [-0.2, 0) is 0 Å². The third-order valence-electron chi connectivity index (χ3n) is 2.74. The highest BCUT2D eigenvalue weighted by Gasteiger charge is 1.99. The van der Waals surface area contributed by atoms with Crippen molar-refractivity contribution in [2.45, 2.75) is 20.3 Å². The van der Waals surface area contributed by atoms with Gasteiger partial charge in [-0.25, -0.2) is 4.98 Å². The summed E-state index contributed by atoms with van der Waals surface area (Å²) in [6.07, 6.45) is 1.15. The van der Waals surface area contributed by atoms with Crippen LogP contribution in [0.2, 0.25) is 0 Å². The lowest BCUT2D eigenvalue weighted by Gasteiger charge is -2.08. The summed E-state index contributed by atoms with van der Waals surface area (Å²) < 4.78 is 0. The molecule has 1 aromatic heterocycles. The molecule has 17 heavy (non-hydrogen) atoms. The van der Waals surface area contributed by atoms with E-state index in [1.165, 1.54) is 0 Å². The van der Waals surface area contributed by atoms with Crippen LogP contribution in [0.1, 0.15) is 20.3 Å². The molecule has 2 aromatic rings. The Morgan fingerprint density at radius 3 is 2.82 bits per heavy atom. The molecule has 1 heterocycles. The molecule has 0 radical (unpaired) electrons. The van der Waals surface area contributed by atoms with Crippen molar-refractivity contribution in [1.29, 1.82) is 0 Å². The molecule has 0 saturated heterocycles. The highest BCUT2D eigenvalue weighted by molar-refractivity contribution is 5.83. The van der Waals surface area contributed by atoms with Crippen LogP contribution in [0.4, 0.5) is 11.5 Å². The van der Waals surface area contributed by atoms with Gasteiger partial charge in [0.15, 0.2) is 0 Å². The first kappa shape index (κ1) is 11.7. The van der Waals surface area contributed by atoms with Gasteiger partial charge in [-0.3, -0.25) is 0 Å². The zero-order valence-electron chi connectivity index (χ0n) is 10.4. The summed E-state index contributed by atoms with van der Waals surface area (Å²) in [6, 6.07) is 9.84. The summed E-state index contributed by atoms with van der Waals surface area (Å²) in [4.78, 5) is 4.55. The second kappa shape index (κ2) is 5.04. The SMILES string of the molecule is CC(C)CCNc1ccc2cc(N)ccc2n1. The van der Waals surface area contributed by atoms with Gasteiger partial charge >= 0.3 is 0 Å². The molecule has 90 valence electrons. The van der Waals surface area contributed by atoms with Gasteiger partial charge in [-0.1, -0.05) is 13.8 Å². The van der Waals surface area contributed by atoms with Crippen molar-refractivity contribution < 1.29 is 0 Å². The number of rotatable bonds is 4. The van der Waals surface area contributed by atoms with Gasteiger partial charge in [0, 0.05) is 17.6 Å². The van der Waals surface area contributed by atoms with E-state index in [9.17, 15) is 0 Å². The van der Waals surface area contributed by atoms with Gasteiger partial charge in [0.05, 0.1) is 5.52 Å². The molecule has 0 spiro atoms. The number of nitrogens with zero attached hydrogens (tertiary/aromatic N) is 1. The van der Waals surface area contributed by atoms with Crippen molar-refractivity contribution in [1.82, 2.24) is 4.98 Å². The van der Waals surface area contributed by atoms with Gasteiger partial charge in [-0.05, 0) is 42.7 Å². The average molecular weight is 229 g/mol. The van der Waals surface area contributed by atoms with E-state index in [4.69, 9.17) is 5.73 Å². The lowest BCUT2D eigenvalue weighted by molar-refractivity contribution is 0.607. The van der Waals surface area contributed by atoms with Gasteiger partial charge in [0.25, 0.3) is 0 Å². The molecule has 0 bridgehead atoms. The zero-order valence-corrected chi connectivity index (χ0v) is 10.4. The second-order valence-electron chi connectivity index (χ2n) is 4.76. The number of anilines is 2. The minimum Gasteiger partial charge on any atom is -0.399 e. The molecule has 0 atom stereocenters. The molecule has 3 N–H and O–H groups in total. The lowest BCUT2D eigenvalue weighted by Crippen LogP contribution is -2.05. The number of nitrogens with two attached hydrogens (primary N) is 1. The van der Waals surface area contributed by atoms with Crippen LogP contribution in [0, 0.1) is 5.92 Å². The number of fused-ring (bicyclic) bond motifs is 1. The summed E-state index contributed by atoms with van der Waals surface area (Å²) >= 11 is 0. The van der Waals surface area contributed by atoms with Crippen LogP contribution in [0.3, 0.4) is 0 Å². The minimum absolute atomic E-state index is 0.711. The predicted molar refractivity (Wildman–Crippen MR) is 74.1 cm³/mol. The van der Waals surface area contributed by atoms with Crippen molar-refractivity contribution >= 4 is 22.4 Å². The quantitative estimate of drug-likeness (QED) is 0.791. The van der Waals surface area contributed by atoms with Gasteiger partial charge < -0.3 is 11.1 Å². The Kier molecular flexibility index (Phi) is 3.47. The Balaban J connectivity index is 2.12. The minimum atomic E-state index is 0.711. The van der Waals surface area contributed by atoms with E-state index in [0.29, 0.717) is 5.92 Å². The fourth-order valence-corrected chi connectivity index (χ4v) is 1.73. The van der Waals surface area contributed by atoms with Crippen molar-refractivity contribution in [3.05, 3.63) is 30.3 Å². The van der Waals surface area contributed by atoms with E-state index >= 15 is 0 Å². The number of nitrogen functional groups attached to an aromatic ring is 1. The highest BCUT2D eigenvalue weighted by atomic mass is 15.0. The van der Waals surface area contributed by atoms with E-state index in [2.05, 4.69) is 30.2 Å². The molecule has 2 rings (SSSR count). The monoisotopic (exact) mass is 229 g/mol. The number of benzene rings is 1. The first-order valence-electron chi connectivity index (χ1n) is 6.05. The zero-order chi connectivity index (χ0) is 12.3. The van der Waals surface area contributed by atoms with E-state index in [1.807, 2.05) is 24.3 Å². The third kappa shape index (κ3) is 3.09. The molecule has 3 heteroatoms. The Hall–Kier alpha value is -1.77. The number of nitrogens with one attached hydrogen (secondary N) is 1. The van der Waals surface area contributed by atoms with Gasteiger partial charge in [-0.15, -0.1) is 0 Å². The fourth-order valence-electron chi connectivity index (χ4n) is 1.73. The average Bonchev–Trinajstić information content (AvgIpc) is 2.29. The first-order chi connectivity index (χ1) is 8.15. The molecule has 0 unspecified atom stereocenters.